The van der Waals surface area contributed by atoms with E-state index in [0.717, 1.165) is 16.9 Å². The number of nitrogens with zero attached hydrogens (tertiary/aromatic N) is 1. The van der Waals surface area contributed by atoms with E-state index >= 15 is 0 Å². The molecule has 0 unspecified atom stereocenters. The van der Waals surface area contributed by atoms with Crippen LogP contribution in [0.3, 0.4) is 0 Å². The SMILES string of the molecule is CC(C)CC(=O)N(Cc1ccco1)C(c1ccccc1)c1ccccc1. The predicted molar refractivity (Wildman–Crippen MR) is 103 cm³/mol. The third-order valence-corrected chi connectivity index (χ3v) is 4.35. The zero-order chi connectivity index (χ0) is 18.4. The first-order valence-electron chi connectivity index (χ1n) is 9.07. The molecule has 1 amide bonds. The summed E-state index contributed by atoms with van der Waals surface area (Å²) in [5, 5.41) is 0. The number of rotatable bonds is 7. The summed E-state index contributed by atoms with van der Waals surface area (Å²) >= 11 is 0. The van der Waals surface area contributed by atoms with Gasteiger partial charge < -0.3 is 9.32 Å². The Bertz CT molecular complexity index is 755. The van der Waals surface area contributed by atoms with Crippen LogP contribution in [0, 0.1) is 5.92 Å². The number of hydrogen-bond donors (Lipinski definition) is 0. The summed E-state index contributed by atoms with van der Waals surface area (Å²) in [6.07, 6.45) is 2.16. The van der Waals surface area contributed by atoms with Crippen molar-refractivity contribution < 1.29 is 9.21 Å². The third kappa shape index (κ3) is 4.42. The summed E-state index contributed by atoms with van der Waals surface area (Å²) in [5.41, 5.74) is 2.20. The molecule has 0 atom stereocenters. The highest BCUT2D eigenvalue weighted by atomic mass is 16.3. The second kappa shape index (κ2) is 8.52. The Morgan fingerprint density at radius 2 is 1.46 bits per heavy atom. The molecule has 134 valence electrons. The van der Waals surface area contributed by atoms with E-state index in [1.165, 1.54) is 0 Å². The first-order valence-corrected chi connectivity index (χ1v) is 9.07. The van der Waals surface area contributed by atoms with Gasteiger partial charge in [0.1, 0.15) is 5.76 Å². The molecule has 3 heteroatoms. The minimum atomic E-state index is -0.145. The van der Waals surface area contributed by atoms with Crippen molar-refractivity contribution in [1.29, 1.82) is 0 Å². The Morgan fingerprint density at radius 1 is 0.885 bits per heavy atom. The Hall–Kier alpha value is -2.81. The van der Waals surface area contributed by atoms with Gasteiger partial charge in [-0.3, -0.25) is 4.79 Å². The van der Waals surface area contributed by atoms with Gasteiger partial charge in [0.25, 0.3) is 0 Å². The number of furan rings is 1. The van der Waals surface area contributed by atoms with Crippen LogP contribution in [-0.2, 0) is 11.3 Å². The lowest BCUT2D eigenvalue weighted by atomic mass is 9.96. The van der Waals surface area contributed by atoms with Crippen molar-refractivity contribution >= 4 is 5.91 Å². The number of benzene rings is 2. The molecule has 0 aliphatic carbocycles. The molecule has 0 radical (unpaired) electrons. The topological polar surface area (TPSA) is 33.5 Å². The molecule has 3 rings (SSSR count). The number of amides is 1. The molecule has 0 aliphatic heterocycles. The molecule has 0 aliphatic rings. The quantitative estimate of drug-likeness (QED) is 0.570. The number of hydrogen-bond acceptors (Lipinski definition) is 2. The summed E-state index contributed by atoms with van der Waals surface area (Å²) in [6.45, 7) is 4.60. The van der Waals surface area contributed by atoms with Gasteiger partial charge in [-0.1, -0.05) is 74.5 Å². The van der Waals surface area contributed by atoms with Crippen LogP contribution < -0.4 is 0 Å². The molecule has 1 aromatic heterocycles. The average Bonchev–Trinajstić information content (AvgIpc) is 3.16. The first-order chi connectivity index (χ1) is 12.6. The van der Waals surface area contributed by atoms with Crippen molar-refractivity contribution in [3.8, 4) is 0 Å². The molecule has 3 aromatic rings. The Kier molecular flexibility index (Phi) is 5.90. The molecule has 0 spiro atoms. The fraction of sp³-hybridized carbons (Fsp3) is 0.261. The van der Waals surface area contributed by atoms with Gasteiger partial charge in [-0.15, -0.1) is 0 Å². The van der Waals surface area contributed by atoms with Gasteiger partial charge in [-0.05, 0) is 29.2 Å². The van der Waals surface area contributed by atoms with Crippen LogP contribution in [0.4, 0.5) is 0 Å². The highest BCUT2D eigenvalue weighted by Crippen LogP contribution is 2.31. The lowest BCUT2D eigenvalue weighted by Gasteiger charge is -2.33. The molecule has 3 nitrogen and oxygen atoms in total. The van der Waals surface area contributed by atoms with E-state index in [4.69, 9.17) is 4.42 Å². The highest BCUT2D eigenvalue weighted by molar-refractivity contribution is 5.77. The summed E-state index contributed by atoms with van der Waals surface area (Å²) in [7, 11) is 0. The normalized spacial score (nSPS) is 11.1. The van der Waals surface area contributed by atoms with Crippen LogP contribution in [0.5, 0.6) is 0 Å². The van der Waals surface area contributed by atoms with Crippen LogP contribution in [0.25, 0.3) is 0 Å². The van der Waals surface area contributed by atoms with Gasteiger partial charge in [-0.25, -0.2) is 0 Å². The van der Waals surface area contributed by atoms with Crippen LogP contribution in [-0.4, -0.2) is 10.8 Å². The number of carbonyl (C=O) groups excluding carboxylic acids is 1. The van der Waals surface area contributed by atoms with E-state index in [-0.39, 0.29) is 11.9 Å². The second-order valence-electron chi connectivity index (χ2n) is 6.92. The minimum Gasteiger partial charge on any atom is -0.467 e. The van der Waals surface area contributed by atoms with Gasteiger partial charge in [0.05, 0.1) is 18.8 Å². The standard InChI is InChI=1S/C23H25NO2/c1-18(2)16-22(25)24(17-21-14-9-15-26-21)23(19-10-5-3-6-11-19)20-12-7-4-8-13-20/h3-15,18,23H,16-17H2,1-2H3. The monoisotopic (exact) mass is 347 g/mol. The van der Waals surface area contributed by atoms with Crippen LogP contribution in [0.1, 0.15) is 43.2 Å². The Morgan fingerprint density at radius 3 is 1.92 bits per heavy atom. The van der Waals surface area contributed by atoms with Gasteiger partial charge in [0, 0.05) is 6.42 Å². The zero-order valence-corrected chi connectivity index (χ0v) is 15.3. The van der Waals surface area contributed by atoms with E-state index in [1.807, 2.05) is 53.4 Å². The smallest absolute Gasteiger partial charge is 0.224 e. The first kappa shape index (κ1) is 18.0. The Balaban J connectivity index is 2.04. The van der Waals surface area contributed by atoms with Crippen LogP contribution >= 0.6 is 0 Å². The molecular formula is C23H25NO2. The highest BCUT2D eigenvalue weighted by Gasteiger charge is 2.27. The molecule has 0 saturated heterocycles. The van der Waals surface area contributed by atoms with Gasteiger partial charge in [0.15, 0.2) is 0 Å². The average molecular weight is 347 g/mol. The predicted octanol–water partition coefficient (Wildman–Crippen LogP) is 5.44. The van der Waals surface area contributed by atoms with Gasteiger partial charge >= 0.3 is 0 Å². The van der Waals surface area contributed by atoms with E-state index in [0.29, 0.717) is 18.9 Å². The van der Waals surface area contributed by atoms with Crippen molar-refractivity contribution in [2.45, 2.75) is 32.9 Å². The fourth-order valence-corrected chi connectivity index (χ4v) is 3.18. The van der Waals surface area contributed by atoms with E-state index in [9.17, 15) is 4.79 Å². The maximum absolute atomic E-state index is 13.2. The summed E-state index contributed by atoms with van der Waals surface area (Å²) in [5.74, 6) is 1.22. The summed E-state index contributed by atoms with van der Waals surface area (Å²) in [4.78, 5) is 15.1. The van der Waals surface area contributed by atoms with E-state index < -0.39 is 0 Å². The van der Waals surface area contributed by atoms with E-state index in [1.54, 1.807) is 6.26 Å². The molecule has 1 heterocycles. The molecule has 26 heavy (non-hydrogen) atoms. The van der Waals surface area contributed by atoms with Crippen molar-refractivity contribution in [2.24, 2.45) is 5.92 Å². The number of carbonyl (C=O) groups is 1. The molecule has 0 N–H and O–H groups in total. The molecule has 0 bridgehead atoms. The van der Waals surface area contributed by atoms with Crippen LogP contribution in [0.15, 0.2) is 83.5 Å². The van der Waals surface area contributed by atoms with E-state index in [2.05, 4.69) is 38.1 Å². The maximum atomic E-state index is 13.2. The zero-order valence-electron chi connectivity index (χ0n) is 15.3. The van der Waals surface area contributed by atoms with Crippen LogP contribution in [0.2, 0.25) is 0 Å². The van der Waals surface area contributed by atoms with Crippen molar-refractivity contribution in [3.05, 3.63) is 95.9 Å². The summed E-state index contributed by atoms with van der Waals surface area (Å²) in [6, 6.07) is 24.0. The van der Waals surface area contributed by atoms with Gasteiger partial charge in [-0.2, -0.15) is 0 Å². The maximum Gasteiger partial charge on any atom is 0.224 e. The minimum absolute atomic E-state index is 0.133. The largest absolute Gasteiger partial charge is 0.467 e. The fourth-order valence-electron chi connectivity index (χ4n) is 3.18. The third-order valence-electron chi connectivity index (χ3n) is 4.35. The molecular weight excluding hydrogens is 322 g/mol. The molecule has 0 saturated carbocycles. The summed E-state index contributed by atoms with van der Waals surface area (Å²) < 4.78 is 5.55. The lowest BCUT2D eigenvalue weighted by Crippen LogP contribution is -2.35. The van der Waals surface area contributed by atoms with Crippen molar-refractivity contribution in [1.82, 2.24) is 4.90 Å². The molecule has 2 aromatic carbocycles. The lowest BCUT2D eigenvalue weighted by molar-refractivity contribution is -0.134. The Labute approximate surface area is 155 Å². The van der Waals surface area contributed by atoms with Gasteiger partial charge in [0.2, 0.25) is 5.91 Å². The van der Waals surface area contributed by atoms with Crippen molar-refractivity contribution in [3.63, 3.8) is 0 Å². The van der Waals surface area contributed by atoms with Crippen molar-refractivity contribution in [2.75, 3.05) is 0 Å². The molecule has 0 fully saturated rings. The second-order valence-corrected chi connectivity index (χ2v) is 6.92.